The smallest absolute Gasteiger partial charge is 0.244 e. The predicted molar refractivity (Wildman–Crippen MR) is 84.5 cm³/mol. The van der Waals surface area contributed by atoms with Crippen molar-refractivity contribution in [2.45, 2.75) is 39.2 Å². The van der Waals surface area contributed by atoms with Crippen molar-refractivity contribution in [2.75, 3.05) is 23.8 Å². The number of carbonyl (C=O) groups excluding carboxylic acids is 2. The summed E-state index contributed by atoms with van der Waals surface area (Å²) in [4.78, 5) is 25.8. The van der Waals surface area contributed by atoms with Gasteiger partial charge in [0.05, 0.1) is 5.54 Å². The molecular formula is C16H23N3O2. The first-order valence-electron chi connectivity index (χ1n) is 7.26. The molecule has 0 saturated carbocycles. The molecule has 21 heavy (non-hydrogen) atoms. The SMILES string of the molecule is CNC(C)(C)C(=O)Nc1ccc(N2CCCC2=O)c(C)c1. The molecule has 1 aliphatic rings. The fourth-order valence-corrected chi connectivity index (χ4v) is 2.34. The van der Waals surface area contributed by atoms with Crippen LogP contribution in [0.1, 0.15) is 32.3 Å². The zero-order chi connectivity index (χ0) is 15.6. The number of hydrogen-bond acceptors (Lipinski definition) is 3. The lowest BCUT2D eigenvalue weighted by Crippen LogP contribution is -2.47. The number of nitrogens with one attached hydrogen (secondary N) is 2. The number of likely N-dealkylation sites (N-methyl/N-ethyl adjacent to an activating group) is 1. The predicted octanol–water partition coefficient (Wildman–Crippen LogP) is 2.06. The summed E-state index contributed by atoms with van der Waals surface area (Å²) < 4.78 is 0. The van der Waals surface area contributed by atoms with E-state index in [4.69, 9.17) is 0 Å². The van der Waals surface area contributed by atoms with Gasteiger partial charge in [0.2, 0.25) is 11.8 Å². The van der Waals surface area contributed by atoms with E-state index in [1.165, 1.54) is 0 Å². The number of hydrogen-bond donors (Lipinski definition) is 2. The monoisotopic (exact) mass is 289 g/mol. The van der Waals surface area contributed by atoms with Crippen LogP contribution in [0.2, 0.25) is 0 Å². The standard InChI is InChI=1S/C16H23N3O2/c1-11-10-12(18-15(21)16(2,3)17-4)7-8-13(11)19-9-5-6-14(19)20/h7-8,10,17H,5-6,9H2,1-4H3,(H,18,21). The molecule has 0 spiro atoms. The quantitative estimate of drug-likeness (QED) is 0.892. The van der Waals surface area contributed by atoms with E-state index >= 15 is 0 Å². The van der Waals surface area contributed by atoms with Crippen molar-refractivity contribution in [1.82, 2.24) is 5.32 Å². The minimum absolute atomic E-state index is 0.0885. The van der Waals surface area contributed by atoms with Crippen molar-refractivity contribution in [2.24, 2.45) is 0 Å². The van der Waals surface area contributed by atoms with E-state index in [1.807, 2.05) is 43.9 Å². The molecule has 1 fully saturated rings. The zero-order valence-corrected chi connectivity index (χ0v) is 13.1. The van der Waals surface area contributed by atoms with E-state index < -0.39 is 5.54 Å². The van der Waals surface area contributed by atoms with Crippen LogP contribution in [-0.2, 0) is 9.59 Å². The second-order valence-corrected chi connectivity index (χ2v) is 5.98. The zero-order valence-electron chi connectivity index (χ0n) is 13.1. The van der Waals surface area contributed by atoms with Gasteiger partial charge in [-0.05, 0) is 58.0 Å². The second kappa shape index (κ2) is 5.85. The number of amides is 2. The van der Waals surface area contributed by atoms with E-state index in [2.05, 4.69) is 10.6 Å². The summed E-state index contributed by atoms with van der Waals surface area (Å²) in [5.74, 6) is 0.0839. The van der Waals surface area contributed by atoms with Crippen LogP contribution < -0.4 is 15.5 Å². The molecule has 0 aliphatic carbocycles. The van der Waals surface area contributed by atoms with Crippen molar-refractivity contribution in [3.8, 4) is 0 Å². The lowest BCUT2D eigenvalue weighted by atomic mass is 10.0. The van der Waals surface area contributed by atoms with Gasteiger partial charge in [-0.3, -0.25) is 9.59 Å². The van der Waals surface area contributed by atoms with Crippen LogP contribution in [0.3, 0.4) is 0 Å². The molecule has 1 aliphatic heterocycles. The Balaban J connectivity index is 2.16. The van der Waals surface area contributed by atoms with Gasteiger partial charge in [0.1, 0.15) is 0 Å². The summed E-state index contributed by atoms with van der Waals surface area (Å²) in [5, 5.41) is 5.87. The molecular weight excluding hydrogens is 266 g/mol. The first-order chi connectivity index (χ1) is 9.85. The summed E-state index contributed by atoms with van der Waals surface area (Å²) in [5.41, 5.74) is 2.04. The van der Waals surface area contributed by atoms with Crippen LogP contribution in [0.25, 0.3) is 0 Å². The van der Waals surface area contributed by atoms with Crippen LogP contribution in [0.15, 0.2) is 18.2 Å². The highest BCUT2D eigenvalue weighted by molar-refractivity contribution is 5.99. The fraction of sp³-hybridized carbons (Fsp3) is 0.500. The van der Waals surface area contributed by atoms with Gasteiger partial charge in [-0.15, -0.1) is 0 Å². The van der Waals surface area contributed by atoms with Crippen molar-refractivity contribution >= 4 is 23.2 Å². The van der Waals surface area contributed by atoms with E-state index in [1.54, 1.807) is 7.05 Å². The van der Waals surface area contributed by atoms with E-state index in [0.29, 0.717) is 6.42 Å². The maximum atomic E-state index is 12.1. The molecule has 1 heterocycles. The number of rotatable bonds is 4. The summed E-state index contributed by atoms with van der Waals surface area (Å²) in [7, 11) is 1.76. The molecule has 114 valence electrons. The lowest BCUT2D eigenvalue weighted by Gasteiger charge is -2.23. The van der Waals surface area contributed by atoms with Crippen LogP contribution in [-0.4, -0.2) is 30.9 Å². The second-order valence-electron chi connectivity index (χ2n) is 5.98. The van der Waals surface area contributed by atoms with Gasteiger partial charge in [0, 0.05) is 24.3 Å². The minimum Gasteiger partial charge on any atom is -0.324 e. The Kier molecular flexibility index (Phi) is 4.32. The minimum atomic E-state index is -0.627. The molecule has 0 unspecified atom stereocenters. The molecule has 0 bridgehead atoms. The molecule has 0 radical (unpaired) electrons. The highest BCUT2D eigenvalue weighted by Gasteiger charge is 2.26. The summed E-state index contributed by atoms with van der Waals surface area (Å²) in [6.07, 6.45) is 1.53. The number of aryl methyl sites for hydroxylation is 1. The van der Waals surface area contributed by atoms with Crippen LogP contribution in [0.4, 0.5) is 11.4 Å². The Bertz CT molecular complexity index is 567. The van der Waals surface area contributed by atoms with Crippen molar-refractivity contribution in [3.63, 3.8) is 0 Å². The Labute approximate surface area is 125 Å². The molecule has 0 aromatic heterocycles. The maximum Gasteiger partial charge on any atom is 0.244 e. The van der Waals surface area contributed by atoms with Gasteiger partial charge in [-0.25, -0.2) is 0 Å². The first kappa shape index (κ1) is 15.5. The molecule has 1 aromatic carbocycles. The fourth-order valence-electron chi connectivity index (χ4n) is 2.34. The third-order valence-corrected chi connectivity index (χ3v) is 4.01. The summed E-state index contributed by atoms with van der Waals surface area (Å²) in [6.45, 7) is 6.39. The highest BCUT2D eigenvalue weighted by atomic mass is 16.2. The average Bonchev–Trinajstić information content (AvgIpc) is 2.85. The average molecular weight is 289 g/mol. The van der Waals surface area contributed by atoms with Crippen LogP contribution in [0.5, 0.6) is 0 Å². The maximum absolute atomic E-state index is 12.1. The van der Waals surface area contributed by atoms with Gasteiger partial charge in [-0.2, -0.15) is 0 Å². The Hall–Kier alpha value is -1.88. The van der Waals surface area contributed by atoms with Gasteiger partial charge >= 0.3 is 0 Å². The van der Waals surface area contributed by atoms with E-state index in [-0.39, 0.29) is 11.8 Å². The summed E-state index contributed by atoms with van der Waals surface area (Å²) in [6, 6.07) is 5.66. The Morgan fingerprint density at radius 2 is 2.05 bits per heavy atom. The Morgan fingerprint density at radius 1 is 1.33 bits per heavy atom. The van der Waals surface area contributed by atoms with E-state index in [0.717, 1.165) is 29.9 Å². The largest absolute Gasteiger partial charge is 0.324 e. The normalized spacial score (nSPS) is 15.4. The highest BCUT2D eigenvalue weighted by Crippen LogP contribution is 2.27. The molecule has 2 amide bonds. The number of anilines is 2. The molecule has 2 N–H and O–H groups in total. The van der Waals surface area contributed by atoms with Crippen molar-refractivity contribution in [3.05, 3.63) is 23.8 Å². The van der Waals surface area contributed by atoms with Crippen molar-refractivity contribution < 1.29 is 9.59 Å². The Morgan fingerprint density at radius 3 is 2.57 bits per heavy atom. The van der Waals surface area contributed by atoms with Crippen LogP contribution in [0, 0.1) is 6.92 Å². The van der Waals surface area contributed by atoms with Crippen LogP contribution >= 0.6 is 0 Å². The van der Waals surface area contributed by atoms with Gasteiger partial charge < -0.3 is 15.5 Å². The van der Waals surface area contributed by atoms with Gasteiger partial charge in [-0.1, -0.05) is 0 Å². The molecule has 5 nitrogen and oxygen atoms in total. The molecule has 2 rings (SSSR count). The lowest BCUT2D eigenvalue weighted by molar-refractivity contribution is -0.121. The topological polar surface area (TPSA) is 61.4 Å². The molecule has 1 aromatic rings. The van der Waals surface area contributed by atoms with Gasteiger partial charge in [0.15, 0.2) is 0 Å². The van der Waals surface area contributed by atoms with E-state index in [9.17, 15) is 9.59 Å². The summed E-state index contributed by atoms with van der Waals surface area (Å²) >= 11 is 0. The first-order valence-corrected chi connectivity index (χ1v) is 7.26. The number of benzene rings is 1. The van der Waals surface area contributed by atoms with Crippen molar-refractivity contribution in [1.29, 1.82) is 0 Å². The molecule has 5 heteroatoms. The molecule has 1 saturated heterocycles. The number of carbonyl (C=O) groups is 2. The number of nitrogens with zero attached hydrogens (tertiary/aromatic N) is 1. The molecule has 0 atom stereocenters. The van der Waals surface area contributed by atoms with Gasteiger partial charge in [0.25, 0.3) is 0 Å². The third-order valence-electron chi connectivity index (χ3n) is 4.01. The third kappa shape index (κ3) is 3.24.